The van der Waals surface area contributed by atoms with E-state index in [9.17, 15) is 4.79 Å². The smallest absolute Gasteiger partial charge is 0.271 e. The highest BCUT2D eigenvalue weighted by Crippen LogP contribution is 2.22. The number of hydrogen-bond acceptors (Lipinski definition) is 4. The Morgan fingerprint density at radius 1 is 1.50 bits per heavy atom. The summed E-state index contributed by atoms with van der Waals surface area (Å²) in [4.78, 5) is 16.4. The van der Waals surface area contributed by atoms with Crippen LogP contribution in [0, 0.1) is 0 Å². The van der Waals surface area contributed by atoms with Gasteiger partial charge in [-0.25, -0.2) is 4.98 Å². The van der Waals surface area contributed by atoms with E-state index in [4.69, 9.17) is 17.3 Å². The molecule has 1 amide bonds. The van der Waals surface area contributed by atoms with E-state index in [0.717, 1.165) is 10.6 Å². The normalized spacial score (nSPS) is 12.2. The summed E-state index contributed by atoms with van der Waals surface area (Å²) in [6, 6.07) is 7.29. The number of benzene rings is 1. The number of nitrogens with two attached hydrogens (primary N) is 1. The summed E-state index contributed by atoms with van der Waals surface area (Å²) in [7, 11) is 0. The summed E-state index contributed by atoms with van der Waals surface area (Å²) in [5.41, 5.74) is 6.79. The number of carbonyl (C=O) groups excluding carboxylic acids is 1. The Morgan fingerprint density at radius 3 is 2.95 bits per heavy atom. The number of hydrogen-bond donors (Lipinski definition) is 2. The summed E-state index contributed by atoms with van der Waals surface area (Å²) >= 11 is 7.57. The van der Waals surface area contributed by atoms with E-state index >= 15 is 0 Å². The van der Waals surface area contributed by atoms with Gasteiger partial charge in [0, 0.05) is 16.8 Å². The Labute approximate surface area is 127 Å². The second kappa shape index (κ2) is 6.83. The van der Waals surface area contributed by atoms with Gasteiger partial charge in [-0.3, -0.25) is 4.79 Å². The molecule has 4 nitrogen and oxygen atoms in total. The molecule has 6 heteroatoms. The molecule has 0 aliphatic carbocycles. The zero-order valence-electron chi connectivity index (χ0n) is 11.1. The Kier molecular flexibility index (Phi) is 5.11. The lowest BCUT2D eigenvalue weighted by Crippen LogP contribution is -2.27. The van der Waals surface area contributed by atoms with Crippen LogP contribution in [-0.4, -0.2) is 17.4 Å². The third-order valence-corrected chi connectivity index (χ3v) is 4.11. The van der Waals surface area contributed by atoms with Crippen LogP contribution in [0.4, 0.5) is 0 Å². The molecule has 1 unspecified atom stereocenters. The Bertz CT molecular complexity index is 600. The predicted octanol–water partition coefficient (Wildman–Crippen LogP) is 2.79. The van der Waals surface area contributed by atoms with Crippen molar-refractivity contribution in [1.82, 2.24) is 10.3 Å². The predicted molar refractivity (Wildman–Crippen MR) is 82.2 cm³/mol. The maximum absolute atomic E-state index is 12.1. The first kappa shape index (κ1) is 15.0. The monoisotopic (exact) mass is 309 g/mol. The molecule has 0 spiro atoms. The van der Waals surface area contributed by atoms with E-state index in [2.05, 4.69) is 10.3 Å². The van der Waals surface area contributed by atoms with Crippen molar-refractivity contribution in [3.05, 3.63) is 50.9 Å². The van der Waals surface area contributed by atoms with Crippen LogP contribution in [0.5, 0.6) is 0 Å². The van der Waals surface area contributed by atoms with E-state index in [1.54, 1.807) is 5.38 Å². The van der Waals surface area contributed by atoms with Crippen LogP contribution in [0.15, 0.2) is 29.6 Å². The van der Waals surface area contributed by atoms with Gasteiger partial charge in [0.25, 0.3) is 5.91 Å². The summed E-state index contributed by atoms with van der Waals surface area (Å²) in [6.45, 7) is 2.43. The number of halogens is 1. The van der Waals surface area contributed by atoms with Crippen LogP contribution < -0.4 is 11.1 Å². The molecular formula is C14H16ClN3OS. The number of thiazole rings is 1. The van der Waals surface area contributed by atoms with Crippen molar-refractivity contribution in [1.29, 1.82) is 0 Å². The molecule has 0 aliphatic rings. The molecule has 0 saturated heterocycles. The first-order valence-electron chi connectivity index (χ1n) is 6.31. The summed E-state index contributed by atoms with van der Waals surface area (Å²) in [5, 5.41) is 6.17. The first-order valence-corrected chi connectivity index (χ1v) is 7.57. The minimum atomic E-state index is -0.197. The molecule has 20 heavy (non-hydrogen) atoms. The van der Waals surface area contributed by atoms with E-state index < -0.39 is 0 Å². The second-order valence-corrected chi connectivity index (χ2v) is 5.73. The number of aromatic nitrogens is 1. The fourth-order valence-corrected chi connectivity index (χ4v) is 2.92. The third-order valence-electron chi connectivity index (χ3n) is 2.86. The third kappa shape index (κ3) is 3.56. The molecule has 1 aromatic heterocycles. The van der Waals surface area contributed by atoms with Crippen molar-refractivity contribution in [3.63, 3.8) is 0 Å². The van der Waals surface area contributed by atoms with Gasteiger partial charge in [-0.2, -0.15) is 0 Å². The maximum atomic E-state index is 12.1. The molecule has 0 radical (unpaired) electrons. The molecular weight excluding hydrogens is 294 g/mol. The van der Waals surface area contributed by atoms with Gasteiger partial charge in [-0.1, -0.05) is 29.8 Å². The van der Waals surface area contributed by atoms with Crippen molar-refractivity contribution < 1.29 is 4.79 Å². The van der Waals surface area contributed by atoms with Gasteiger partial charge in [0.1, 0.15) is 5.69 Å². The van der Waals surface area contributed by atoms with Crippen molar-refractivity contribution in [2.24, 2.45) is 5.73 Å². The van der Waals surface area contributed by atoms with Crippen molar-refractivity contribution in [2.75, 3.05) is 6.54 Å². The van der Waals surface area contributed by atoms with Gasteiger partial charge >= 0.3 is 0 Å². The van der Waals surface area contributed by atoms with Gasteiger partial charge in [0.2, 0.25) is 0 Å². The molecule has 1 aromatic carbocycles. The first-order chi connectivity index (χ1) is 9.61. The average Bonchev–Trinajstić information content (AvgIpc) is 2.88. The quantitative estimate of drug-likeness (QED) is 0.892. The second-order valence-electron chi connectivity index (χ2n) is 4.38. The maximum Gasteiger partial charge on any atom is 0.271 e. The molecule has 0 fully saturated rings. The number of carbonyl (C=O) groups is 1. The lowest BCUT2D eigenvalue weighted by atomic mass is 10.1. The van der Waals surface area contributed by atoms with E-state index in [-0.39, 0.29) is 11.9 Å². The van der Waals surface area contributed by atoms with Gasteiger partial charge in [0.15, 0.2) is 0 Å². The average molecular weight is 310 g/mol. The van der Waals surface area contributed by atoms with Gasteiger partial charge in [-0.05, 0) is 25.1 Å². The number of nitrogens with zero attached hydrogens (tertiary/aromatic N) is 1. The molecule has 3 N–H and O–H groups in total. The van der Waals surface area contributed by atoms with Crippen LogP contribution in [0.2, 0.25) is 5.02 Å². The summed E-state index contributed by atoms with van der Waals surface area (Å²) in [6.07, 6.45) is 0.692. The lowest BCUT2D eigenvalue weighted by molar-refractivity contribution is 0.0935. The van der Waals surface area contributed by atoms with Crippen LogP contribution in [-0.2, 0) is 6.42 Å². The van der Waals surface area contributed by atoms with E-state index in [1.807, 2.05) is 31.2 Å². The SMILES string of the molecule is CC(NC(=O)c1csc(CCN)n1)c1ccccc1Cl. The molecule has 2 aromatic rings. The highest BCUT2D eigenvalue weighted by molar-refractivity contribution is 7.09. The lowest BCUT2D eigenvalue weighted by Gasteiger charge is -2.14. The van der Waals surface area contributed by atoms with Gasteiger partial charge in [-0.15, -0.1) is 11.3 Å². The standard InChI is InChI=1S/C14H16ClN3OS/c1-9(10-4-2-3-5-11(10)15)17-14(19)12-8-20-13(18-12)6-7-16/h2-5,8-9H,6-7,16H2,1H3,(H,17,19). The number of amides is 1. The molecule has 0 aliphatic heterocycles. The topological polar surface area (TPSA) is 68.0 Å². The molecule has 2 rings (SSSR count). The molecule has 0 bridgehead atoms. The van der Waals surface area contributed by atoms with Crippen molar-refractivity contribution in [2.45, 2.75) is 19.4 Å². The Balaban J connectivity index is 2.05. The van der Waals surface area contributed by atoms with Crippen LogP contribution >= 0.6 is 22.9 Å². The molecule has 106 valence electrons. The number of nitrogens with one attached hydrogen (secondary N) is 1. The Hall–Kier alpha value is -1.43. The summed E-state index contributed by atoms with van der Waals surface area (Å²) < 4.78 is 0. The minimum Gasteiger partial charge on any atom is -0.344 e. The Morgan fingerprint density at radius 2 is 2.25 bits per heavy atom. The van der Waals surface area contributed by atoms with Crippen LogP contribution in [0.3, 0.4) is 0 Å². The van der Waals surface area contributed by atoms with Gasteiger partial charge in [0.05, 0.1) is 11.0 Å². The van der Waals surface area contributed by atoms with Crippen LogP contribution in [0.25, 0.3) is 0 Å². The van der Waals surface area contributed by atoms with Crippen molar-refractivity contribution in [3.8, 4) is 0 Å². The molecule has 1 atom stereocenters. The number of rotatable bonds is 5. The fraction of sp³-hybridized carbons (Fsp3) is 0.286. The van der Waals surface area contributed by atoms with Crippen molar-refractivity contribution >= 4 is 28.8 Å². The zero-order chi connectivity index (χ0) is 14.5. The van der Waals surface area contributed by atoms with E-state index in [1.165, 1.54) is 11.3 Å². The molecule has 1 heterocycles. The van der Waals surface area contributed by atoms with Crippen LogP contribution in [0.1, 0.15) is 34.0 Å². The molecule has 0 saturated carbocycles. The highest BCUT2D eigenvalue weighted by atomic mass is 35.5. The van der Waals surface area contributed by atoms with E-state index in [0.29, 0.717) is 23.7 Å². The zero-order valence-corrected chi connectivity index (χ0v) is 12.7. The fourth-order valence-electron chi connectivity index (χ4n) is 1.83. The summed E-state index contributed by atoms with van der Waals surface area (Å²) in [5.74, 6) is -0.197. The highest BCUT2D eigenvalue weighted by Gasteiger charge is 2.15. The van der Waals surface area contributed by atoms with Gasteiger partial charge < -0.3 is 11.1 Å². The minimum absolute atomic E-state index is 0.171. The largest absolute Gasteiger partial charge is 0.344 e.